The van der Waals surface area contributed by atoms with E-state index in [1.165, 1.54) is 12.8 Å². The summed E-state index contributed by atoms with van der Waals surface area (Å²) in [5.41, 5.74) is 0.0474. The third-order valence-electron chi connectivity index (χ3n) is 4.06. The first-order valence-corrected chi connectivity index (χ1v) is 6.85. The molecule has 0 saturated heterocycles. The summed E-state index contributed by atoms with van der Waals surface area (Å²) in [7, 11) is 0. The van der Waals surface area contributed by atoms with Crippen LogP contribution in [0.3, 0.4) is 0 Å². The van der Waals surface area contributed by atoms with Crippen LogP contribution in [0.2, 0.25) is 0 Å². The second kappa shape index (κ2) is 4.43. The topological polar surface area (TPSA) is 54.3 Å². The Morgan fingerprint density at radius 1 is 1.44 bits per heavy atom. The van der Waals surface area contributed by atoms with Crippen molar-refractivity contribution in [3.63, 3.8) is 0 Å². The predicted octanol–water partition coefficient (Wildman–Crippen LogP) is 1.86. The highest BCUT2D eigenvalue weighted by atomic mass is 16.3. The lowest BCUT2D eigenvalue weighted by atomic mass is 10.0. The first kappa shape index (κ1) is 11.8. The van der Waals surface area contributed by atoms with Gasteiger partial charge in [-0.2, -0.15) is 0 Å². The molecule has 1 heterocycles. The molecule has 2 saturated carbocycles. The van der Waals surface area contributed by atoms with Crippen molar-refractivity contribution in [2.24, 2.45) is 0 Å². The van der Waals surface area contributed by atoms with Crippen molar-refractivity contribution in [3.8, 4) is 0 Å². The SMILES string of the molecule is O=C(NCC1(O)CCCC1)c1cccn1C1CC1. The molecule has 98 valence electrons. The zero-order valence-corrected chi connectivity index (χ0v) is 10.6. The Morgan fingerprint density at radius 3 is 2.83 bits per heavy atom. The maximum atomic E-state index is 12.1. The minimum absolute atomic E-state index is 0.0628. The summed E-state index contributed by atoms with van der Waals surface area (Å²) in [4.78, 5) is 12.1. The zero-order chi connectivity index (χ0) is 12.6. The molecular formula is C14H20N2O2. The summed E-state index contributed by atoms with van der Waals surface area (Å²) in [6, 6.07) is 4.28. The van der Waals surface area contributed by atoms with E-state index in [4.69, 9.17) is 0 Å². The predicted molar refractivity (Wildman–Crippen MR) is 68.5 cm³/mol. The normalized spacial score (nSPS) is 22.1. The van der Waals surface area contributed by atoms with E-state index in [1.807, 2.05) is 22.9 Å². The monoisotopic (exact) mass is 248 g/mol. The third-order valence-corrected chi connectivity index (χ3v) is 4.06. The summed E-state index contributed by atoms with van der Waals surface area (Å²) in [5.74, 6) is -0.0628. The van der Waals surface area contributed by atoms with Crippen LogP contribution in [0.15, 0.2) is 18.3 Å². The molecule has 4 nitrogen and oxygen atoms in total. The van der Waals surface area contributed by atoms with Gasteiger partial charge in [-0.15, -0.1) is 0 Å². The first-order valence-electron chi connectivity index (χ1n) is 6.85. The fraction of sp³-hybridized carbons (Fsp3) is 0.643. The molecule has 0 radical (unpaired) electrons. The Hall–Kier alpha value is -1.29. The van der Waals surface area contributed by atoms with Gasteiger partial charge in [-0.1, -0.05) is 12.8 Å². The minimum atomic E-state index is -0.674. The molecule has 2 fully saturated rings. The maximum absolute atomic E-state index is 12.1. The lowest BCUT2D eigenvalue weighted by Crippen LogP contribution is -2.41. The van der Waals surface area contributed by atoms with Crippen LogP contribution in [-0.4, -0.2) is 27.7 Å². The van der Waals surface area contributed by atoms with Crippen molar-refractivity contribution in [1.29, 1.82) is 0 Å². The zero-order valence-electron chi connectivity index (χ0n) is 10.6. The van der Waals surface area contributed by atoms with Gasteiger partial charge in [-0.25, -0.2) is 0 Å². The van der Waals surface area contributed by atoms with Gasteiger partial charge in [-0.05, 0) is 37.8 Å². The van der Waals surface area contributed by atoms with Crippen LogP contribution in [0.1, 0.15) is 55.1 Å². The van der Waals surface area contributed by atoms with Gasteiger partial charge < -0.3 is 15.0 Å². The molecule has 2 N–H and O–H groups in total. The largest absolute Gasteiger partial charge is 0.388 e. The minimum Gasteiger partial charge on any atom is -0.388 e. The van der Waals surface area contributed by atoms with Crippen molar-refractivity contribution < 1.29 is 9.90 Å². The van der Waals surface area contributed by atoms with Gasteiger partial charge in [0.05, 0.1) is 5.60 Å². The molecule has 1 aromatic rings. The molecule has 4 heteroatoms. The number of nitrogens with zero attached hydrogens (tertiary/aromatic N) is 1. The lowest BCUT2D eigenvalue weighted by molar-refractivity contribution is 0.0447. The van der Waals surface area contributed by atoms with E-state index in [0.717, 1.165) is 31.4 Å². The number of hydrogen-bond acceptors (Lipinski definition) is 2. The van der Waals surface area contributed by atoms with Crippen molar-refractivity contribution in [2.45, 2.75) is 50.2 Å². The smallest absolute Gasteiger partial charge is 0.268 e. The Bertz CT molecular complexity index is 442. The highest BCUT2D eigenvalue weighted by Gasteiger charge is 2.32. The van der Waals surface area contributed by atoms with Crippen molar-refractivity contribution in [1.82, 2.24) is 9.88 Å². The Balaban J connectivity index is 1.62. The van der Waals surface area contributed by atoms with Gasteiger partial charge in [0.2, 0.25) is 0 Å². The molecule has 0 spiro atoms. The third kappa shape index (κ3) is 2.29. The van der Waals surface area contributed by atoms with Gasteiger partial charge in [0, 0.05) is 18.8 Å². The standard InChI is InChI=1S/C14H20N2O2/c17-13(15-10-14(18)7-1-2-8-14)12-4-3-9-16(12)11-5-6-11/h3-4,9,11,18H,1-2,5-8,10H2,(H,15,17). The van der Waals surface area contributed by atoms with E-state index in [2.05, 4.69) is 5.32 Å². The Morgan fingerprint density at radius 2 is 2.17 bits per heavy atom. The number of aromatic nitrogens is 1. The molecule has 1 amide bonds. The van der Waals surface area contributed by atoms with E-state index >= 15 is 0 Å². The summed E-state index contributed by atoms with van der Waals surface area (Å²) >= 11 is 0. The molecule has 0 aromatic carbocycles. The van der Waals surface area contributed by atoms with Crippen molar-refractivity contribution >= 4 is 5.91 Å². The van der Waals surface area contributed by atoms with Crippen molar-refractivity contribution in [3.05, 3.63) is 24.0 Å². The van der Waals surface area contributed by atoms with E-state index in [0.29, 0.717) is 12.6 Å². The number of carbonyl (C=O) groups is 1. The van der Waals surface area contributed by atoms with E-state index in [-0.39, 0.29) is 5.91 Å². The Labute approximate surface area is 107 Å². The van der Waals surface area contributed by atoms with E-state index < -0.39 is 5.60 Å². The molecule has 0 aliphatic heterocycles. The van der Waals surface area contributed by atoms with Crippen molar-refractivity contribution in [2.75, 3.05) is 6.54 Å². The molecule has 2 aliphatic carbocycles. The van der Waals surface area contributed by atoms with Crippen LogP contribution in [0.25, 0.3) is 0 Å². The Kier molecular flexibility index (Phi) is 2.90. The van der Waals surface area contributed by atoms with Crippen LogP contribution in [0.5, 0.6) is 0 Å². The van der Waals surface area contributed by atoms with Crippen LogP contribution in [0, 0.1) is 0 Å². The second-order valence-electron chi connectivity index (χ2n) is 5.65. The summed E-state index contributed by atoms with van der Waals surface area (Å²) in [6.07, 6.45) is 8.03. The second-order valence-corrected chi connectivity index (χ2v) is 5.65. The molecule has 0 bridgehead atoms. The summed E-state index contributed by atoms with van der Waals surface area (Å²) < 4.78 is 2.05. The van der Waals surface area contributed by atoms with Gasteiger partial charge in [0.15, 0.2) is 0 Å². The summed E-state index contributed by atoms with van der Waals surface area (Å²) in [6.45, 7) is 0.377. The number of aliphatic hydroxyl groups is 1. The van der Waals surface area contributed by atoms with E-state index in [9.17, 15) is 9.90 Å². The molecule has 0 unspecified atom stereocenters. The first-order chi connectivity index (χ1) is 8.68. The highest BCUT2D eigenvalue weighted by molar-refractivity contribution is 5.92. The lowest BCUT2D eigenvalue weighted by Gasteiger charge is -2.22. The van der Waals surface area contributed by atoms with Crippen LogP contribution in [0.4, 0.5) is 0 Å². The highest BCUT2D eigenvalue weighted by Crippen LogP contribution is 2.36. The van der Waals surface area contributed by atoms with Gasteiger partial charge in [0.25, 0.3) is 5.91 Å². The van der Waals surface area contributed by atoms with E-state index in [1.54, 1.807) is 0 Å². The molecule has 18 heavy (non-hydrogen) atoms. The van der Waals surface area contributed by atoms with Gasteiger partial charge in [-0.3, -0.25) is 4.79 Å². The van der Waals surface area contributed by atoms with Crippen LogP contribution >= 0.6 is 0 Å². The average molecular weight is 248 g/mol. The van der Waals surface area contributed by atoms with Crippen LogP contribution < -0.4 is 5.32 Å². The fourth-order valence-electron chi connectivity index (χ4n) is 2.80. The maximum Gasteiger partial charge on any atom is 0.268 e. The average Bonchev–Trinajstić information content (AvgIpc) is 2.92. The summed E-state index contributed by atoms with van der Waals surface area (Å²) in [5, 5.41) is 13.1. The molecule has 0 atom stereocenters. The number of nitrogens with one attached hydrogen (secondary N) is 1. The molecular weight excluding hydrogens is 228 g/mol. The quantitative estimate of drug-likeness (QED) is 0.854. The number of hydrogen-bond donors (Lipinski definition) is 2. The fourth-order valence-corrected chi connectivity index (χ4v) is 2.80. The van der Waals surface area contributed by atoms with Crippen LogP contribution in [-0.2, 0) is 0 Å². The molecule has 1 aromatic heterocycles. The number of amides is 1. The number of carbonyl (C=O) groups excluding carboxylic acids is 1. The van der Waals surface area contributed by atoms with Gasteiger partial charge >= 0.3 is 0 Å². The molecule has 3 rings (SSSR count). The number of rotatable bonds is 4. The molecule has 2 aliphatic rings. The van der Waals surface area contributed by atoms with Gasteiger partial charge in [0.1, 0.15) is 5.69 Å².